The third kappa shape index (κ3) is 8.29. The summed E-state index contributed by atoms with van der Waals surface area (Å²) in [5.74, 6) is 0. The molecule has 2 rings (SSSR count). The van der Waals surface area contributed by atoms with Gasteiger partial charge in [-0.05, 0) is 57.3 Å². The zero-order valence-corrected chi connectivity index (χ0v) is 21.5. The molecule has 30 heavy (non-hydrogen) atoms. The highest BCUT2D eigenvalue weighted by atomic mass is 79.9. The summed E-state index contributed by atoms with van der Waals surface area (Å²) in [5.41, 5.74) is 1.54. The molecule has 1 fully saturated rings. The largest absolute Gasteiger partial charge is 0.494 e. The Morgan fingerprint density at radius 2 is 1.33 bits per heavy atom. The lowest BCUT2D eigenvalue weighted by Crippen LogP contribution is -2.41. The Morgan fingerprint density at radius 3 is 1.90 bits per heavy atom. The quantitative estimate of drug-likeness (QED) is 0.208. The molecule has 3 nitrogen and oxygen atoms in total. The minimum atomic E-state index is -0.340. The van der Waals surface area contributed by atoms with Crippen molar-refractivity contribution < 1.29 is 14.0 Å². The monoisotopic (exact) mass is 480 g/mol. The predicted octanol–water partition coefficient (Wildman–Crippen LogP) is 7.19. The molecule has 0 amide bonds. The lowest BCUT2D eigenvalue weighted by atomic mass is 9.78. The molecule has 1 aliphatic rings. The average molecular weight is 481 g/mol. The van der Waals surface area contributed by atoms with E-state index in [4.69, 9.17) is 14.0 Å². The zero-order chi connectivity index (χ0) is 22.0. The van der Waals surface area contributed by atoms with E-state index >= 15 is 0 Å². The fourth-order valence-corrected chi connectivity index (χ4v) is 4.31. The molecule has 0 spiro atoms. The van der Waals surface area contributed by atoms with Crippen molar-refractivity contribution in [3.05, 3.63) is 28.2 Å². The molecule has 1 saturated heterocycles. The first-order valence-corrected chi connectivity index (χ1v) is 12.8. The summed E-state index contributed by atoms with van der Waals surface area (Å²) in [7, 11) is -0.340. The van der Waals surface area contributed by atoms with Gasteiger partial charge in [-0.3, -0.25) is 0 Å². The van der Waals surface area contributed by atoms with Gasteiger partial charge in [0.15, 0.2) is 0 Å². The molecule has 0 atom stereocenters. The smallest absolute Gasteiger partial charge is 0.399 e. The van der Waals surface area contributed by atoms with Gasteiger partial charge < -0.3 is 14.0 Å². The van der Waals surface area contributed by atoms with E-state index in [1.807, 2.05) is 0 Å². The minimum Gasteiger partial charge on any atom is -0.399 e. The number of benzene rings is 1. The molecule has 0 N–H and O–H groups in total. The van der Waals surface area contributed by atoms with E-state index in [-0.39, 0.29) is 18.3 Å². The molecule has 0 aliphatic carbocycles. The Hall–Kier alpha value is -0.355. The van der Waals surface area contributed by atoms with Gasteiger partial charge >= 0.3 is 7.12 Å². The van der Waals surface area contributed by atoms with Gasteiger partial charge in [-0.25, -0.2) is 0 Å². The minimum absolute atomic E-state index is 0.327. The summed E-state index contributed by atoms with van der Waals surface area (Å²) in [4.78, 5) is 0. The number of halogens is 1. The van der Waals surface area contributed by atoms with Crippen molar-refractivity contribution in [2.45, 2.75) is 117 Å². The van der Waals surface area contributed by atoms with Gasteiger partial charge in [0.1, 0.15) is 0 Å². The lowest BCUT2D eigenvalue weighted by molar-refractivity contribution is 0.00578. The van der Waals surface area contributed by atoms with Crippen molar-refractivity contribution in [3.63, 3.8) is 0 Å². The van der Waals surface area contributed by atoms with E-state index in [1.54, 1.807) is 0 Å². The Kier molecular flexibility index (Phi) is 10.9. The molecular formula is C25H42BBrO3. The third-order valence-corrected chi connectivity index (χ3v) is 6.87. The van der Waals surface area contributed by atoms with Crippen molar-refractivity contribution in [1.29, 1.82) is 0 Å². The molecule has 0 aromatic heterocycles. The molecule has 0 unspecified atom stereocenters. The van der Waals surface area contributed by atoms with Crippen molar-refractivity contribution in [2.24, 2.45) is 0 Å². The SMILES string of the molecule is CCCCCCCCCCCCOCc1cc(Br)cc(B2OC(C)(C)C(C)(C)O2)c1. The molecule has 1 aliphatic heterocycles. The van der Waals surface area contributed by atoms with Crippen LogP contribution in [-0.4, -0.2) is 24.9 Å². The molecule has 5 heteroatoms. The Bertz CT molecular complexity index is 617. The maximum atomic E-state index is 6.19. The lowest BCUT2D eigenvalue weighted by Gasteiger charge is -2.32. The highest BCUT2D eigenvalue weighted by molar-refractivity contribution is 9.10. The van der Waals surface area contributed by atoms with Crippen LogP contribution in [-0.2, 0) is 20.7 Å². The summed E-state index contributed by atoms with van der Waals surface area (Å²) >= 11 is 3.63. The van der Waals surface area contributed by atoms with Crippen LogP contribution in [0.3, 0.4) is 0 Å². The fraction of sp³-hybridized carbons (Fsp3) is 0.760. The van der Waals surface area contributed by atoms with E-state index in [9.17, 15) is 0 Å². The second kappa shape index (κ2) is 12.6. The summed E-state index contributed by atoms with van der Waals surface area (Å²) in [6, 6.07) is 6.34. The number of hydrogen-bond acceptors (Lipinski definition) is 3. The number of ether oxygens (including phenoxy) is 1. The first kappa shape index (κ1) is 25.9. The first-order valence-electron chi connectivity index (χ1n) is 12.0. The Morgan fingerprint density at radius 1 is 0.800 bits per heavy atom. The van der Waals surface area contributed by atoms with E-state index in [0.717, 1.165) is 28.5 Å². The number of hydrogen-bond donors (Lipinski definition) is 0. The highest BCUT2D eigenvalue weighted by Crippen LogP contribution is 2.36. The van der Waals surface area contributed by atoms with Crippen LogP contribution in [0.4, 0.5) is 0 Å². The number of rotatable bonds is 14. The van der Waals surface area contributed by atoms with Gasteiger partial charge in [-0.15, -0.1) is 0 Å². The molecule has 170 valence electrons. The molecular weight excluding hydrogens is 439 g/mol. The van der Waals surface area contributed by atoms with E-state index < -0.39 is 0 Å². The van der Waals surface area contributed by atoms with Crippen LogP contribution in [0.5, 0.6) is 0 Å². The van der Waals surface area contributed by atoms with Crippen molar-refractivity contribution >= 4 is 28.5 Å². The summed E-state index contributed by atoms with van der Waals surface area (Å²) in [5, 5.41) is 0. The van der Waals surface area contributed by atoms with Crippen LogP contribution in [0.2, 0.25) is 0 Å². The first-order chi connectivity index (χ1) is 14.2. The average Bonchev–Trinajstić information content (AvgIpc) is 2.89. The summed E-state index contributed by atoms with van der Waals surface area (Å²) in [6.07, 6.45) is 13.5. The van der Waals surface area contributed by atoms with Gasteiger partial charge in [0, 0.05) is 11.1 Å². The maximum Gasteiger partial charge on any atom is 0.494 e. The third-order valence-electron chi connectivity index (χ3n) is 6.42. The van der Waals surface area contributed by atoms with Gasteiger partial charge in [0.25, 0.3) is 0 Å². The van der Waals surface area contributed by atoms with Crippen molar-refractivity contribution in [1.82, 2.24) is 0 Å². The van der Waals surface area contributed by atoms with E-state index in [1.165, 1.54) is 57.8 Å². The molecule has 0 radical (unpaired) electrons. The molecule has 0 bridgehead atoms. The predicted molar refractivity (Wildman–Crippen MR) is 131 cm³/mol. The summed E-state index contributed by atoms with van der Waals surface area (Å²) in [6.45, 7) is 12.1. The van der Waals surface area contributed by atoms with Crippen LogP contribution in [0, 0.1) is 0 Å². The Labute approximate surface area is 193 Å². The topological polar surface area (TPSA) is 27.7 Å². The maximum absolute atomic E-state index is 6.19. The van der Waals surface area contributed by atoms with E-state index in [2.05, 4.69) is 68.7 Å². The standard InChI is InChI=1S/C25H42BBrO3/c1-6-7-8-9-10-11-12-13-14-15-16-28-20-21-17-22(19-23(27)18-21)26-29-24(2,3)25(4,5)30-26/h17-19H,6-16,20H2,1-5H3. The zero-order valence-electron chi connectivity index (χ0n) is 19.9. The molecule has 1 heterocycles. The van der Waals surface area contributed by atoms with Crippen LogP contribution in [0.25, 0.3) is 0 Å². The Balaban J connectivity index is 1.65. The van der Waals surface area contributed by atoms with Crippen LogP contribution < -0.4 is 5.46 Å². The molecule has 1 aromatic carbocycles. The summed E-state index contributed by atoms with van der Waals surface area (Å²) < 4.78 is 19.4. The van der Waals surface area contributed by atoms with Crippen LogP contribution >= 0.6 is 15.9 Å². The van der Waals surface area contributed by atoms with Crippen LogP contribution in [0.1, 0.15) is 104 Å². The molecule has 0 saturated carbocycles. The van der Waals surface area contributed by atoms with Gasteiger partial charge in [0.2, 0.25) is 0 Å². The second-order valence-electron chi connectivity index (χ2n) is 9.72. The normalized spacial score (nSPS) is 17.6. The fourth-order valence-electron chi connectivity index (χ4n) is 3.76. The van der Waals surface area contributed by atoms with E-state index in [0.29, 0.717) is 6.61 Å². The van der Waals surface area contributed by atoms with Gasteiger partial charge in [-0.1, -0.05) is 86.7 Å². The molecule has 1 aromatic rings. The highest BCUT2D eigenvalue weighted by Gasteiger charge is 2.51. The van der Waals surface area contributed by atoms with Gasteiger partial charge in [-0.2, -0.15) is 0 Å². The number of unbranched alkanes of at least 4 members (excludes halogenated alkanes) is 9. The van der Waals surface area contributed by atoms with Crippen molar-refractivity contribution in [2.75, 3.05) is 6.61 Å². The van der Waals surface area contributed by atoms with Gasteiger partial charge in [0.05, 0.1) is 17.8 Å². The van der Waals surface area contributed by atoms with Crippen LogP contribution in [0.15, 0.2) is 22.7 Å². The second-order valence-corrected chi connectivity index (χ2v) is 10.6. The van der Waals surface area contributed by atoms with Crippen molar-refractivity contribution in [3.8, 4) is 0 Å².